The van der Waals surface area contributed by atoms with Gasteiger partial charge in [-0.3, -0.25) is 4.79 Å². The van der Waals surface area contributed by atoms with Crippen molar-refractivity contribution < 1.29 is 22.4 Å². The minimum Gasteiger partial charge on any atom is -0.324 e. The smallest absolute Gasteiger partial charge is 0.324 e. The molecule has 2 heterocycles. The summed E-state index contributed by atoms with van der Waals surface area (Å²) >= 11 is 1.36. The van der Waals surface area contributed by atoms with Gasteiger partial charge in [-0.05, 0) is 42.5 Å². The minimum absolute atomic E-state index is 0.173. The van der Waals surface area contributed by atoms with Crippen molar-refractivity contribution in [2.24, 2.45) is 0 Å². The number of thioether (sulfide) groups is 1. The van der Waals surface area contributed by atoms with Gasteiger partial charge in [-0.2, -0.15) is 18.3 Å². The summed E-state index contributed by atoms with van der Waals surface area (Å²) in [5, 5.41) is 6.37. The Bertz CT molecular complexity index is 1030. The number of carbonyl (C=O) groups excluding carboxylic acids is 1. The Morgan fingerprint density at radius 1 is 1.07 bits per heavy atom. The Balaban J connectivity index is 1.86. The highest BCUT2D eigenvalue weighted by Crippen LogP contribution is 2.37. The van der Waals surface area contributed by atoms with E-state index in [1.165, 1.54) is 23.9 Å². The van der Waals surface area contributed by atoms with Crippen LogP contribution < -0.4 is 5.32 Å². The maximum Gasteiger partial charge on any atom is 0.435 e. The number of rotatable bonds is 2. The first-order valence-corrected chi connectivity index (χ1v) is 8.80. The van der Waals surface area contributed by atoms with Gasteiger partial charge in [0.1, 0.15) is 5.82 Å². The molecule has 1 amide bonds. The van der Waals surface area contributed by atoms with Crippen LogP contribution in [0.3, 0.4) is 0 Å². The lowest BCUT2D eigenvalue weighted by atomic mass is 10.1. The van der Waals surface area contributed by atoms with Gasteiger partial charge in [-0.15, -0.1) is 11.8 Å². The zero-order chi connectivity index (χ0) is 19.2. The van der Waals surface area contributed by atoms with E-state index in [4.69, 9.17) is 0 Å². The molecule has 4 nitrogen and oxygen atoms in total. The van der Waals surface area contributed by atoms with Crippen LogP contribution in [0.1, 0.15) is 5.69 Å². The van der Waals surface area contributed by atoms with Gasteiger partial charge >= 0.3 is 6.18 Å². The van der Waals surface area contributed by atoms with Gasteiger partial charge in [0.05, 0.1) is 22.8 Å². The molecule has 0 unspecified atom stereocenters. The van der Waals surface area contributed by atoms with Crippen molar-refractivity contribution in [1.82, 2.24) is 9.78 Å². The summed E-state index contributed by atoms with van der Waals surface area (Å²) in [6.07, 6.45) is -4.63. The van der Waals surface area contributed by atoms with Crippen molar-refractivity contribution in [2.45, 2.75) is 11.1 Å². The Labute approximate surface area is 155 Å². The second kappa shape index (κ2) is 6.41. The summed E-state index contributed by atoms with van der Waals surface area (Å²) < 4.78 is 53.9. The lowest BCUT2D eigenvalue weighted by Crippen LogP contribution is -2.18. The Morgan fingerprint density at radius 3 is 2.52 bits per heavy atom. The Morgan fingerprint density at radius 2 is 1.81 bits per heavy atom. The monoisotopic (exact) mass is 393 g/mol. The molecule has 0 saturated carbocycles. The number of nitrogens with one attached hydrogen (secondary N) is 1. The highest BCUT2D eigenvalue weighted by Gasteiger charge is 2.35. The summed E-state index contributed by atoms with van der Waals surface area (Å²) in [5.74, 6) is -0.386. The van der Waals surface area contributed by atoms with E-state index in [0.717, 1.165) is 27.8 Å². The topological polar surface area (TPSA) is 46.9 Å². The molecule has 0 atom stereocenters. The predicted octanol–water partition coefficient (Wildman–Crippen LogP) is 4.74. The first-order chi connectivity index (χ1) is 12.8. The molecule has 0 bridgehead atoms. The normalized spacial score (nSPS) is 14.0. The molecule has 1 aliphatic heterocycles. The quantitative estimate of drug-likeness (QED) is 0.640. The van der Waals surface area contributed by atoms with Crippen molar-refractivity contribution in [1.29, 1.82) is 0 Å². The van der Waals surface area contributed by atoms with Crippen LogP contribution in [0.2, 0.25) is 0 Å². The number of amides is 1. The van der Waals surface area contributed by atoms with E-state index in [2.05, 4.69) is 10.4 Å². The van der Waals surface area contributed by atoms with E-state index >= 15 is 0 Å². The van der Waals surface area contributed by atoms with Crippen LogP contribution in [-0.4, -0.2) is 21.4 Å². The van der Waals surface area contributed by atoms with Crippen LogP contribution in [0.5, 0.6) is 0 Å². The lowest BCUT2D eigenvalue weighted by molar-refractivity contribution is -0.141. The minimum atomic E-state index is -4.63. The molecule has 0 saturated heterocycles. The number of anilines is 1. The standard InChI is InChI=1S/C18H11F4N3OS/c19-11-2-4-12(5-3-11)25-14(8-16(24-25)18(20,21)22)10-1-6-15-13(7-10)23-17(26)9-27-15/h1-8H,9H2,(H,23,26). The molecule has 9 heteroatoms. The summed E-state index contributed by atoms with van der Waals surface area (Å²) in [5.41, 5.74) is 0.399. The van der Waals surface area contributed by atoms with Gasteiger partial charge in [0.25, 0.3) is 0 Å². The van der Waals surface area contributed by atoms with E-state index in [0.29, 0.717) is 11.3 Å². The van der Waals surface area contributed by atoms with Crippen LogP contribution in [-0.2, 0) is 11.0 Å². The second-order valence-corrected chi connectivity index (χ2v) is 6.87. The third kappa shape index (κ3) is 3.42. The average Bonchev–Trinajstić information content (AvgIpc) is 3.07. The molecule has 0 spiro atoms. The van der Waals surface area contributed by atoms with Gasteiger partial charge < -0.3 is 5.32 Å². The third-order valence-corrected chi connectivity index (χ3v) is 5.05. The van der Waals surface area contributed by atoms with Gasteiger partial charge in [-0.1, -0.05) is 6.07 Å². The number of aromatic nitrogens is 2. The summed E-state index contributed by atoms with van der Waals surface area (Å²) in [6.45, 7) is 0. The fourth-order valence-electron chi connectivity index (χ4n) is 2.75. The first-order valence-electron chi connectivity index (χ1n) is 7.81. The molecular weight excluding hydrogens is 382 g/mol. The zero-order valence-electron chi connectivity index (χ0n) is 13.5. The number of alkyl halides is 3. The van der Waals surface area contributed by atoms with Crippen LogP contribution in [0, 0.1) is 5.82 Å². The van der Waals surface area contributed by atoms with Gasteiger partial charge in [-0.25, -0.2) is 9.07 Å². The zero-order valence-corrected chi connectivity index (χ0v) is 14.4. The van der Waals surface area contributed by atoms with Crippen LogP contribution in [0.15, 0.2) is 53.4 Å². The average molecular weight is 393 g/mol. The van der Waals surface area contributed by atoms with E-state index < -0.39 is 17.7 Å². The Hall–Kier alpha value is -2.81. The molecule has 0 aliphatic carbocycles. The number of carbonyl (C=O) groups is 1. The Kier molecular flexibility index (Phi) is 4.18. The lowest BCUT2D eigenvalue weighted by Gasteiger charge is -2.17. The van der Waals surface area contributed by atoms with Crippen LogP contribution in [0.25, 0.3) is 16.9 Å². The van der Waals surface area contributed by atoms with Gasteiger partial charge in [0, 0.05) is 10.5 Å². The molecule has 0 fully saturated rings. The van der Waals surface area contributed by atoms with Gasteiger partial charge in [0.15, 0.2) is 5.69 Å². The van der Waals surface area contributed by atoms with Crippen molar-refractivity contribution in [2.75, 3.05) is 11.1 Å². The van der Waals surface area contributed by atoms with E-state index in [-0.39, 0.29) is 23.0 Å². The van der Waals surface area contributed by atoms with E-state index in [1.807, 2.05) is 0 Å². The number of halogens is 4. The molecule has 1 aliphatic rings. The largest absolute Gasteiger partial charge is 0.435 e. The van der Waals surface area contributed by atoms with Crippen LogP contribution in [0.4, 0.5) is 23.2 Å². The summed E-state index contributed by atoms with van der Waals surface area (Å²) in [6, 6.07) is 10.9. The molecule has 27 heavy (non-hydrogen) atoms. The molecule has 0 radical (unpaired) electrons. The number of hydrogen-bond donors (Lipinski definition) is 1. The maximum absolute atomic E-state index is 13.2. The number of nitrogens with zero attached hydrogens (tertiary/aromatic N) is 2. The molecule has 1 aromatic heterocycles. The molecule has 2 aromatic carbocycles. The maximum atomic E-state index is 13.2. The van der Waals surface area contributed by atoms with Crippen molar-refractivity contribution in [3.8, 4) is 16.9 Å². The summed E-state index contributed by atoms with van der Waals surface area (Å²) in [7, 11) is 0. The van der Waals surface area contributed by atoms with Crippen LogP contribution >= 0.6 is 11.8 Å². The second-order valence-electron chi connectivity index (χ2n) is 5.85. The number of benzene rings is 2. The summed E-state index contributed by atoms with van der Waals surface area (Å²) in [4.78, 5) is 12.4. The molecule has 1 N–H and O–H groups in total. The molecule has 3 aromatic rings. The fraction of sp³-hybridized carbons (Fsp3) is 0.111. The van der Waals surface area contributed by atoms with Crippen molar-refractivity contribution in [3.63, 3.8) is 0 Å². The van der Waals surface area contributed by atoms with Crippen molar-refractivity contribution >= 4 is 23.4 Å². The molecule has 138 valence electrons. The van der Waals surface area contributed by atoms with Gasteiger partial charge in [0.2, 0.25) is 5.91 Å². The fourth-order valence-corrected chi connectivity index (χ4v) is 3.54. The predicted molar refractivity (Wildman–Crippen MR) is 93.3 cm³/mol. The highest BCUT2D eigenvalue weighted by atomic mass is 32.2. The molecular formula is C18H11F4N3OS. The SMILES string of the molecule is O=C1CSc2ccc(-c3cc(C(F)(F)F)nn3-c3ccc(F)cc3)cc2N1. The highest BCUT2D eigenvalue weighted by molar-refractivity contribution is 8.00. The number of hydrogen-bond acceptors (Lipinski definition) is 3. The van der Waals surface area contributed by atoms with Crippen molar-refractivity contribution in [3.05, 3.63) is 60.0 Å². The first kappa shape index (κ1) is 17.6. The molecule has 4 rings (SSSR count). The van der Waals surface area contributed by atoms with E-state index in [1.54, 1.807) is 18.2 Å². The van der Waals surface area contributed by atoms with E-state index in [9.17, 15) is 22.4 Å². The number of fused-ring (bicyclic) bond motifs is 1. The third-order valence-electron chi connectivity index (χ3n) is 3.98.